The van der Waals surface area contributed by atoms with Crippen molar-refractivity contribution in [1.29, 1.82) is 0 Å². The summed E-state index contributed by atoms with van der Waals surface area (Å²) in [6.07, 6.45) is 2.05. The Morgan fingerprint density at radius 3 is 2.94 bits per heavy atom. The molecule has 1 amide bonds. The first kappa shape index (κ1) is 11.4. The van der Waals surface area contributed by atoms with Crippen molar-refractivity contribution in [2.24, 2.45) is 0 Å². The Kier molecular flexibility index (Phi) is 2.63. The zero-order chi connectivity index (χ0) is 12.7. The summed E-state index contributed by atoms with van der Waals surface area (Å²) in [5.41, 5.74) is 2.94. The lowest BCUT2D eigenvalue weighted by molar-refractivity contribution is -0.117. The van der Waals surface area contributed by atoms with E-state index < -0.39 is 0 Å². The monoisotopic (exact) mass is 261 g/mol. The first-order valence-electron chi connectivity index (χ1n) is 5.73. The lowest BCUT2D eigenvalue weighted by Gasteiger charge is -2.12. The summed E-state index contributed by atoms with van der Waals surface area (Å²) >= 11 is 6.36. The zero-order valence-corrected chi connectivity index (χ0v) is 10.6. The van der Waals surface area contributed by atoms with Crippen LogP contribution in [0.15, 0.2) is 41.0 Å². The molecule has 3 nitrogen and oxygen atoms in total. The van der Waals surface area contributed by atoms with Crippen LogP contribution >= 0.6 is 11.6 Å². The molecule has 0 aliphatic carbocycles. The molecule has 1 aliphatic rings. The van der Waals surface area contributed by atoms with Crippen LogP contribution in [0.5, 0.6) is 0 Å². The lowest BCUT2D eigenvalue weighted by Crippen LogP contribution is -2.20. The second-order valence-electron chi connectivity index (χ2n) is 4.40. The normalized spacial score (nSPS) is 15.9. The van der Waals surface area contributed by atoms with Crippen molar-refractivity contribution >= 4 is 23.2 Å². The van der Waals surface area contributed by atoms with Crippen LogP contribution in [0.4, 0.5) is 5.69 Å². The van der Waals surface area contributed by atoms with Crippen LogP contribution in [0.3, 0.4) is 0 Å². The van der Waals surface area contributed by atoms with Gasteiger partial charge < -0.3 is 9.32 Å². The Balaban J connectivity index is 1.97. The van der Waals surface area contributed by atoms with Crippen molar-refractivity contribution in [3.05, 3.63) is 53.5 Å². The van der Waals surface area contributed by atoms with Gasteiger partial charge in [0.15, 0.2) is 0 Å². The summed E-state index contributed by atoms with van der Waals surface area (Å²) in [5.74, 6) is 0.834. The number of halogens is 1. The molecule has 0 spiro atoms. The summed E-state index contributed by atoms with van der Waals surface area (Å²) in [4.78, 5) is 13.3. The van der Waals surface area contributed by atoms with Crippen LogP contribution in [-0.2, 0) is 11.2 Å². The van der Waals surface area contributed by atoms with E-state index in [1.165, 1.54) is 0 Å². The summed E-state index contributed by atoms with van der Waals surface area (Å²) < 4.78 is 5.30. The fraction of sp³-hybridized carbons (Fsp3) is 0.214. The molecular formula is C14H12ClNO2. The van der Waals surface area contributed by atoms with Gasteiger partial charge in [0, 0.05) is 12.7 Å². The van der Waals surface area contributed by atoms with Crippen molar-refractivity contribution in [3.8, 4) is 0 Å². The number of carbonyl (C=O) groups excluding carboxylic acids is 1. The van der Waals surface area contributed by atoms with Crippen molar-refractivity contribution in [2.45, 2.75) is 11.8 Å². The maximum atomic E-state index is 11.6. The van der Waals surface area contributed by atoms with Gasteiger partial charge in [-0.1, -0.05) is 12.1 Å². The van der Waals surface area contributed by atoms with Gasteiger partial charge in [-0.3, -0.25) is 4.79 Å². The highest BCUT2D eigenvalue weighted by atomic mass is 35.5. The number of alkyl halides is 1. The van der Waals surface area contributed by atoms with E-state index in [9.17, 15) is 4.79 Å². The number of hydrogen-bond donors (Lipinski definition) is 0. The SMILES string of the molecule is CN1C(=O)Cc2cc(C(Cl)c3ccco3)ccc21. The zero-order valence-electron chi connectivity index (χ0n) is 9.89. The Hall–Kier alpha value is -1.74. The minimum absolute atomic E-state index is 0.117. The molecule has 0 saturated heterocycles. The molecule has 4 heteroatoms. The Morgan fingerprint density at radius 2 is 2.22 bits per heavy atom. The number of amides is 1. The lowest BCUT2D eigenvalue weighted by atomic mass is 10.0. The van der Waals surface area contributed by atoms with Crippen LogP contribution in [0.2, 0.25) is 0 Å². The highest BCUT2D eigenvalue weighted by molar-refractivity contribution is 6.22. The molecule has 0 radical (unpaired) electrons. The van der Waals surface area contributed by atoms with Crippen LogP contribution in [0.25, 0.3) is 0 Å². The van der Waals surface area contributed by atoms with Gasteiger partial charge >= 0.3 is 0 Å². The second-order valence-corrected chi connectivity index (χ2v) is 4.83. The molecule has 0 fully saturated rings. The predicted molar refractivity (Wildman–Crippen MR) is 70.0 cm³/mol. The van der Waals surface area contributed by atoms with E-state index in [0.717, 1.165) is 16.8 Å². The van der Waals surface area contributed by atoms with Crippen LogP contribution < -0.4 is 4.90 Å². The molecule has 1 aromatic heterocycles. The summed E-state index contributed by atoms with van der Waals surface area (Å²) in [5, 5.41) is -0.314. The molecule has 3 rings (SSSR count). The third kappa shape index (κ3) is 1.71. The molecule has 0 N–H and O–H groups in total. The van der Waals surface area contributed by atoms with E-state index in [2.05, 4.69) is 0 Å². The molecule has 2 aromatic rings. The van der Waals surface area contributed by atoms with Crippen LogP contribution in [0, 0.1) is 0 Å². The van der Waals surface area contributed by atoms with Crippen molar-refractivity contribution in [2.75, 3.05) is 11.9 Å². The molecule has 18 heavy (non-hydrogen) atoms. The molecular weight excluding hydrogens is 250 g/mol. The van der Waals surface area contributed by atoms with Crippen molar-refractivity contribution < 1.29 is 9.21 Å². The van der Waals surface area contributed by atoms with Crippen molar-refractivity contribution in [3.63, 3.8) is 0 Å². The average Bonchev–Trinajstić information content (AvgIpc) is 2.98. The largest absolute Gasteiger partial charge is 0.467 e. The second kappa shape index (κ2) is 4.18. The summed E-state index contributed by atoms with van der Waals surface area (Å²) in [6, 6.07) is 9.52. The number of rotatable bonds is 2. The van der Waals surface area contributed by atoms with Gasteiger partial charge in [0.1, 0.15) is 11.1 Å². The van der Waals surface area contributed by atoms with E-state index in [0.29, 0.717) is 12.2 Å². The number of furan rings is 1. The molecule has 0 bridgehead atoms. The highest BCUT2D eigenvalue weighted by Gasteiger charge is 2.25. The number of benzene rings is 1. The van der Waals surface area contributed by atoms with E-state index >= 15 is 0 Å². The number of hydrogen-bond acceptors (Lipinski definition) is 2. The third-order valence-corrected chi connectivity index (χ3v) is 3.73. The number of fused-ring (bicyclic) bond motifs is 1. The van der Waals surface area contributed by atoms with E-state index in [1.54, 1.807) is 18.2 Å². The fourth-order valence-electron chi connectivity index (χ4n) is 2.25. The standard InChI is InChI=1S/C14H12ClNO2/c1-16-11-5-4-9(7-10(11)8-13(16)17)14(15)12-3-2-6-18-12/h2-7,14H,8H2,1H3. The van der Waals surface area contributed by atoms with Gasteiger partial charge in [-0.15, -0.1) is 11.6 Å². The summed E-state index contributed by atoms with van der Waals surface area (Å²) in [7, 11) is 1.79. The Labute approximate surface area is 110 Å². The Bertz CT molecular complexity index is 592. The minimum Gasteiger partial charge on any atom is -0.467 e. The van der Waals surface area contributed by atoms with Crippen LogP contribution in [0.1, 0.15) is 22.3 Å². The van der Waals surface area contributed by atoms with Crippen LogP contribution in [-0.4, -0.2) is 13.0 Å². The molecule has 1 unspecified atom stereocenters. The number of likely N-dealkylation sites (N-methyl/N-ethyl adjacent to an activating group) is 1. The number of nitrogens with zero attached hydrogens (tertiary/aromatic N) is 1. The number of carbonyl (C=O) groups is 1. The fourth-order valence-corrected chi connectivity index (χ4v) is 2.51. The summed E-state index contributed by atoms with van der Waals surface area (Å²) in [6.45, 7) is 0. The minimum atomic E-state index is -0.314. The molecule has 2 heterocycles. The van der Waals surface area contributed by atoms with E-state index in [4.69, 9.17) is 16.0 Å². The average molecular weight is 262 g/mol. The first-order chi connectivity index (χ1) is 8.66. The molecule has 1 aromatic carbocycles. The van der Waals surface area contributed by atoms with Crippen molar-refractivity contribution in [1.82, 2.24) is 0 Å². The van der Waals surface area contributed by atoms with E-state index in [-0.39, 0.29) is 11.3 Å². The van der Waals surface area contributed by atoms with Gasteiger partial charge in [0.25, 0.3) is 0 Å². The predicted octanol–water partition coefficient (Wildman–Crippen LogP) is 3.13. The van der Waals surface area contributed by atoms with Gasteiger partial charge in [0.2, 0.25) is 5.91 Å². The molecule has 1 atom stereocenters. The maximum Gasteiger partial charge on any atom is 0.231 e. The molecule has 1 aliphatic heterocycles. The van der Waals surface area contributed by atoms with E-state index in [1.807, 2.05) is 30.3 Å². The topological polar surface area (TPSA) is 33.5 Å². The molecule has 0 saturated carbocycles. The smallest absolute Gasteiger partial charge is 0.231 e. The quantitative estimate of drug-likeness (QED) is 0.778. The molecule has 92 valence electrons. The van der Waals surface area contributed by atoms with Gasteiger partial charge in [0.05, 0.1) is 12.7 Å². The van der Waals surface area contributed by atoms with Gasteiger partial charge in [-0.05, 0) is 29.3 Å². The number of anilines is 1. The first-order valence-corrected chi connectivity index (χ1v) is 6.17. The Morgan fingerprint density at radius 1 is 1.39 bits per heavy atom. The third-order valence-electron chi connectivity index (χ3n) is 3.27. The van der Waals surface area contributed by atoms with Gasteiger partial charge in [-0.25, -0.2) is 0 Å². The maximum absolute atomic E-state index is 11.6. The van der Waals surface area contributed by atoms with Gasteiger partial charge in [-0.2, -0.15) is 0 Å². The highest BCUT2D eigenvalue weighted by Crippen LogP contribution is 2.34.